The van der Waals surface area contributed by atoms with Gasteiger partial charge >= 0.3 is 0 Å². The first-order valence-electron chi connectivity index (χ1n) is 8.17. The number of thioether (sulfide) groups is 1. The number of benzene rings is 3. The van der Waals surface area contributed by atoms with Crippen LogP contribution in [-0.2, 0) is 0 Å². The lowest BCUT2D eigenvalue weighted by Crippen LogP contribution is -2.22. The standard InChI is InChI=1S/C21H15NO4S/c1-27-12-6-4-5-11(9-12)26-16-10-15(23)17-18(19(16)22)21(25)14-8-3-2-7-13(14)20(17)24/h2-10,23H,22H2,1H3. The molecule has 1 aliphatic carbocycles. The van der Waals surface area contributed by atoms with Crippen LogP contribution in [0.25, 0.3) is 0 Å². The number of carbonyl (C=O) groups excluding carboxylic acids is 2. The predicted molar refractivity (Wildman–Crippen MR) is 104 cm³/mol. The van der Waals surface area contributed by atoms with Gasteiger partial charge in [0.2, 0.25) is 0 Å². The van der Waals surface area contributed by atoms with Crippen LogP contribution in [0.5, 0.6) is 17.2 Å². The topological polar surface area (TPSA) is 89.6 Å². The van der Waals surface area contributed by atoms with Gasteiger partial charge in [0.1, 0.15) is 11.5 Å². The Kier molecular flexibility index (Phi) is 4.12. The van der Waals surface area contributed by atoms with Gasteiger partial charge in [-0.05, 0) is 24.5 Å². The molecule has 134 valence electrons. The number of aromatic hydroxyl groups is 1. The summed E-state index contributed by atoms with van der Waals surface area (Å²) in [6.07, 6.45) is 1.94. The smallest absolute Gasteiger partial charge is 0.198 e. The number of hydrogen-bond acceptors (Lipinski definition) is 6. The Balaban J connectivity index is 1.85. The molecule has 3 N–H and O–H groups in total. The molecule has 5 nitrogen and oxygen atoms in total. The number of rotatable bonds is 3. The quantitative estimate of drug-likeness (QED) is 0.315. The molecule has 3 aromatic carbocycles. The van der Waals surface area contributed by atoms with Crippen molar-refractivity contribution in [3.63, 3.8) is 0 Å². The minimum Gasteiger partial charge on any atom is -0.507 e. The number of anilines is 1. The largest absolute Gasteiger partial charge is 0.507 e. The summed E-state index contributed by atoms with van der Waals surface area (Å²) in [6, 6.07) is 15.1. The van der Waals surface area contributed by atoms with Gasteiger partial charge in [-0.25, -0.2) is 0 Å². The van der Waals surface area contributed by atoms with Crippen LogP contribution >= 0.6 is 11.8 Å². The Bertz CT molecular complexity index is 1110. The van der Waals surface area contributed by atoms with E-state index in [1.807, 2.05) is 24.5 Å². The predicted octanol–water partition coefficient (Wildman–Crippen LogP) is 4.26. The fraction of sp³-hybridized carbons (Fsp3) is 0.0476. The molecule has 0 amide bonds. The molecule has 0 aliphatic heterocycles. The Hall–Kier alpha value is -3.25. The van der Waals surface area contributed by atoms with E-state index in [-0.39, 0.29) is 39.4 Å². The second-order valence-corrected chi connectivity index (χ2v) is 6.92. The van der Waals surface area contributed by atoms with Gasteiger partial charge in [0.25, 0.3) is 0 Å². The third-order valence-electron chi connectivity index (χ3n) is 4.45. The number of ketones is 2. The Morgan fingerprint density at radius 2 is 1.59 bits per heavy atom. The first-order valence-corrected chi connectivity index (χ1v) is 9.39. The lowest BCUT2D eigenvalue weighted by Gasteiger charge is -2.21. The van der Waals surface area contributed by atoms with E-state index in [9.17, 15) is 14.7 Å². The Labute approximate surface area is 159 Å². The van der Waals surface area contributed by atoms with Gasteiger partial charge in [-0.2, -0.15) is 0 Å². The summed E-state index contributed by atoms with van der Waals surface area (Å²) in [5.41, 5.74) is 6.64. The highest BCUT2D eigenvalue weighted by Crippen LogP contribution is 2.42. The molecule has 0 atom stereocenters. The van der Waals surface area contributed by atoms with Gasteiger partial charge in [-0.15, -0.1) is 11.8 Å². The first-order chi connectivity index (χ1) is 13.0. The number of phenols is 1. The van der Waals surface area contributed by atoms with Gasteiger partial charge in [0.15, 0.2) is 17.3 Å². The zero-order chi connectivity index (χ0) is 19.1. The number of hydrogen-bond donors (Lipinski definition) is 2. The van der Waals surface area contributed by atoms with Crippen molar-refractivity contribution in [3.05, 3.63) is 76.9 Å². The molecule has 0 bridgehead atoms. The zero-order valence-electron chi connectivity index (χ0n) is 14.4. The van der Waals surface area contributed by atoms with E-state index in [0.29, 0.717) is 5.75 Å². The van der Waals surface area contributed by atoms with Gasteiger partial charge < -0.3 is 15.6 Å². The summed E-state index contributed by atoms with van der Waals surface area (Å²) >= 11 is 1.56. The molecule has 0 heterocycles. The van der Waals surface area contributed by atoms with Crippen molar-refractivity contribution in [2.24, 2.45) is 0 Å². The number of ether oxygens (including phenoxy) is 1. The summed E-state index contributed by atoms with van der Waals surface area (Å²) in [6.45, 7) is 0. The van der Waals surface area contributed by atoms with Gasteiger partial charge in [-0.3, -0.25) is 9.59 Å². The number of nitrogen functional groups attached to an aromatic ring is 1. The Morgan fingerprint density at radius 1 is 0.926 bits per heavy atom. The zero-order valence-corrected chi connectivity index (χ0v) is 15.2. The molecule has 0 spiro atoms. The minimum absolute atomic E-state index is 0.0188. The van der Waals surface area contributed by atoms with Crippen LogP contribution in [0.1, 0.15) is 31.8 Å². The maximum atomic E-state index is 12.9. The molecule has 0 fully saturated rings. The van der Waals surface area contributed by atoms with Crippen molar-refractivity contribution in [3.8, 4) is 17.2 Å². The molecular formula is C21H15NO4S. The fourth-order valence-corrected chi connectivity index (χ4v) is 3.60. The summed E-state index contributed by atoms with van der Waals surface area (Å²) in [7, 11) is 0. The highest BCUT2D eigenvalue weighted by Gasteiger charge is 2.35. The molecule has 0 aromatic heterocycles. The van der Waals surface area contributed by atoms with E-state index < -0.39 is 11.6 Å². The molecule has 0 radical (unpaired) electrons. The number of phenolic OH excluding ortho intramolecular Hbond substituents is 1. The van der Waals surface area contributed by atoms with Crippen LogP contribution in [0.2, 0.25) is 0 Å². The van der Waals surface area contributed by atoms with Crippen LogP contribution in [0.3, 0.4) is 0 Å². The van der Waals surface area contributed by atoms with Crippen molar-refractivity contribution in [1.29, 1.82) is 0 Å². The van der Waals surface area contributed by atoms with E-state index in [1.54, 1.807) is 42.1 Å². The van der Waals surface area contributed by atoms with Crippen LogP contribution in [-0.4, -0.2) is 22.9 Å². The van der Waals surface area contributed by atoms with Crippen LogP contribution in [0.15, 0.2) is 59.5 Å². The lowest BCUT2D eigenvalue weighted by atomic mass is 9.82. The molecule has 0 saturated carbocycles. The van der Waals surface area contributed by atoms with Crippen molar-refractivity contribution >= 4 is 29.0 Å². The number of fused-ring (bicyclic) bond motifs is 2. The van der Waals surface area contributed by atoms with E-state index in [4.69, 9.17) is 10.5 Å². The van der Waals surface area contributed by atoms with Crippen molar-refractivity contribution in [2.75, 3.05) is 12.0 Å². The van der Waals surface area contributed by atoms with Crippen LogP contribution in [0.4, 0.5) is 5.69 Å². The molecular weight excluding hydrogens is 362 g/mol. The fourth-order valence-electron chi connectivity index (χ4n) is 3.15. The number of carbonyl (C=O) groups is 2. The highest BCUT2D eigenvalue weighted by atomic mass is 32.2. The minimum atomic E-state index is -0.430. The normalized spacial score (nSPS) is 12.5. The molecule has 1 aliphatic rings. The molecule has 6 heteroatoms. The third-order valence-corrected chi connectivity index (χ3v) is 5.17. The Morgan fingerprint density at radius 3 is 2.26 bits per heavy atom. The summed E-state index contributed by atoms with van der Waals surface area (Å²) in [4.78, 5) is 26.7. The molecule has 3 aromatic rings. The molecule has 27 heavy (non-hydrogen) atoms. The van der Waals surface area contributed by atoms with Crippen molar-refractivity contribution < 1.29 is 19.4 Å². The second-order valence-electron chi connectivity index (χ2n) is 6.04. The summed E-state index contributed by atoms with van der Waals surface area (Å²) in [5, 5.41) is 10.4. The van der Waals surface area contributed by atoms with E-state index in [0.717, 1.165) is 4.90 Å². The SMILES string of the molecule is CSc1cccc(Oc2cc(O)c3c(c2N)C(=O)c2ccccc2C3=O)c1. The van der Waals surface area contributed by atoms with Crippen LogP contribution < -0.4 is 10.5 Å². The van der Waals surface area contributed by atoms with Gasteiger partial charge in [0, 0.05) is 22.1 Å². The maximum absolute atomic E-state index is 12.9. The number of nitrogens with two attached hydrogens (primary N) is 1. The van der Waals surface area contributed by atoms with Crippen molar-refractivity contribution in [2.45, 2.75) is 4.90 Å². The van der Waals surface area contributed by atoms with E-state index in [2.05, 4.69) is 0 Å². The van der Waals surface area contributed by atoms with Crippen LogP contribution in [0, 0.1) is 0 Å². The van der Waals surface area contributed by atoms with Crippen molar-refractivity contribution in [1.82, 2.24) is 0 Å². The molecule has 0 saturated heterocycles. The van der Waals surface area contributed by atoms with E-state index in [1.165, 1.54) is 6.07 Å². The average molecular weight is 377 g/mol. The highest BCUT2D eigenvalue weighted by molar-refractivity contribution is 7.98. The lowest BCUT2D eigenvalue weighted by molar-refractivity contribution is 0.0977. The maximum Gasteiger partial charge on any atom is 0.198 e. The van der Waals surface area contributed by atoms with Gasteiger partial charge in [-0.1, -0.05) is 30.3 Å². The first kappa shape index (κ1) is 17.2. The third kappa shape index (κ3) is 2.74. The second kappa shape index (κ2) is 6.48. The molecule has 0 unspecified atom stereocenters. The molecule has 4 rings (SSSR count). The average Bonchev–Trinajstić information content (AvgIpc) is 2.68. The van der Waals surface area contributed by atoms with E-state index >= 15 is 0 Å². The van der Waals surface area contributed by atoms with Gasteiger partial charge in [0.05, 0.1) is 16.8 Å². The summed E-state index contributed by atoms with van der Waals surface area (Å²) < 4.78 is 5.81. The summed E-state index contributed by atoms with van der Waals surface area (Å²) in [5.74, 6) is -0.521. The monoisotopic (exact) mass is 377 g/mol.